The lowest BCUT2D eigenvalue weighted by molar-refractivity contribution is 0.196. The summed E-state index contributed by atoms with van der Waals surface area (Å²) in [5.41, 5.74) is 2.36. The summed E-state index contributed by atoms with van der Waals surface area (Å²) in [5, 5.41) is 4.25. The van der Waals surface area contributed by atoms with Crippen molar-refractivity contribution in [2.75, 3.05) is 32.2 Å². The molecule has 0 heterocycles. The Labute approximate surface area is 121 Å². The van der Waals surface area contributed by atoms with Crippen LogP contribution in [0.2, 0.25) is 5.02 Å². The van der Waals surface area contributed by atoms with E-state index in [2.05, 4.69) is 37.2 Å². The molecule has 0 saturated carbocycles. The Morgan fingerprint density at radius 3 is 2.74 bits per heavy atom. The average Bonchev–Trinajstić information content (AvgIpc) is 2.36. The Morgan fingerprint density at radius 1 is 1.37 bits per heavy atom. The fourth-order valence-electron chi connectivity index (χ4n) is 2.00. The maximum atomic E-state index is 6.35. The van der Waals surface area contributed by atoms with Crippen molar-refractivity contribution in [3.63, 3.8) is 0 Å². The third kappa shape index (κ3) is 5.39. The number of nitrogens with zero attached hydrogens (tertiary/aromatic N) is 1. The molecule has 108 valence electrons. The van der Waals surface area contributed by atoms with Crippen LogP contribution >= 0.6 is 11.6 Å². The molecule has 0 radical (unpaired) electrons. The molecule has 0 amide bonds. The van der Waals surface area contributed by atoms with Crippen LogP contribution in [0.1, 0.15) is 25.8 Å². The molecule has 1 rings (SSSR count). The molecule has 0 fully saturated rings. The van der Waals surface area contributed by atoms with E-state index in [0.717, 1.165) is 36.8 Å². The summed E-state index contributed by atoms with van der Waals surface area (Å²) in [5.74, 6) is 0. The fraction of sp³-hybridized carbons (Fsp3) is 0.600. The number of rotatable bonds is 8. The van der Waals surface area contributed by atoms with Crippen LogP contribution in [0.25, 0.3) is 0 Å². The van der Waals surface area contributed by atoms with Crippen LogP contribution in [-0.2, 0) is 11.3 Å². The van der Waals surface area contributed by atoms with Crippen molar-refractivity contribution in [1.82, 2.24) is 5.32 Å². The second-order valence-corrected chi connectivity index (χ2v) is 5.46. The molecule has 0 saturated heterocycles. The Bertz CT molecular complexity index is 382. The summed E-state index contributed by atoms with van der Waals surface area (Å²) in [6.45, 7) is 6.84. The van der Waals surface area contributed by atoms with Crippen LogP contribution < -0.4 is 10.2 Å². The zero-order valence-corrected chi connectivity index (χ0v) is 13.1. The second-order valence-electron chi connectivity index (χ2n) is 5.05. The van der Waals surface area contributed by atoms with Gasteiger partial charge in [-0.1, -0.05) is 37.6 Å². The molecule has 0 aliphatic heterocycles. The highest BCUT2D eigenvalue weighted by Gasteiger charge is 2.11. The number of methoxy groups -OCH3 is 1. The van der Waals surface area contributed by atoms with Crippen molar-refractivity contribution in [2.45, 2.75) is 32.9 Å². The lowest BCUT2D eigenvalue weighted by Gasteiger charge is -2.24. The van der Waals surface area contributed by atoms with Crippen LogP contribution in [0.15, 0.2) is 18.2 Å². The molecular weight excluding hydrogens is 260 g/mol. The van der Waals surface area contributed by atoms with Gasteiger partial charge in [-0.2, -0.15) is 0 Å². The van der Waals surface area contributed by atoms with Gasteiger partial charge in [0.25, 0.3) is 0 Å². The van der Waals surface area contributed by atoms with E-state index in [1.165, 1.54) is 5.56 Å². The first-order chi connectivity index (χ1) is 9.06. The quantitative estimate of drug-likeness (QED) is 0.741. The molecule has 0 aromatic heterocycles. The van der Waals surface area contributed by atoms with Crippen molar-refractivity contribution in [3.8, 4) is 0 Å². The van der Waals surface area contributed by atoms with Gasteiger partial charge in [0.15, 0.2) is 0 Å². The monoisotopic (exact) mass is 284 g/mol. The summed E-state index contributed by atoms with van der Waals surface area (Å²) in [4.78, 5) is 2.21. The van der Waals surface area contributed by atoms with Gasteiger partial charge in [0.2, 0.25) is 0 Å². The number of nitrogens with one attached hydrogen (secondary N) is 1. The van der Waals surface area contributed by atoms with Gasteiger partial charge in [-0.05, 0) is 18.1 Å². The highest BCUT2D eigenvalue weighted by Crippen LogP contribution is 2.29. The highest BCUT2D eigenvalue weighted by molar-refractivity contribution is 6.33. The predicted octanol–water partition coefficient (Wildman–Crippen LogP) is 3.31. The summed E-state index contributed by atoms with van der Waals surface area (Å²) in [6, 6.07) is 6.55. The largest absolute Gasteiger partial charge is 0.385 e. The molecule has 1 aromatic rings. The third-order valence-corrected chi connectivity index (χ3v) is 3.30. The number of para-hydroxylation sites is 1. The van der Waals surface area contributed by atoms with E-state index < -0.39 is 0 Å². The Hall–Kier alpha value is -0.770. The molecule has 0 aliphatic carbocycles. The Balaban J connectivity index is 2.78. The molecular formula is C15H25ClN2O. The summed E-state index contributed by atoms with van der Waals surface area (Å²) in [6.07, 6.45) is 0.995. The number of benzene rings is 1. The van der Waals surface area contributed by atoms with Crippen LogP contribution in [0, 0.1) is 0 Å². The van der Waals surface area contributed by atoms with Gasteiger partial charge in [-0.3, -0.25) is 0 Å². The molecule has 0 atom stereocenters. The van der Waals surface area contributed by atoms with Crippen LogP contribution in [0.4, 0.5) is 5.69 Å². The summed E-state index contributed by atoms with van der Waals surface area (Å²) >= 11 is 6.35. The lowest BCUT2D eigenvalue weighted by Crippen LogP contribution is -2.26. The first-order valence-electron chi connectivity index (χ1n) is 6.77. The SMILES string of the molecule is COCCCN(C)c1c(Cl)cccc1CNC(C)C. The van der Waals surface area contributed by atoms with E-state index in [9.17, 15) is 0 Å². The molecule has 0 unspecified atom stereocenters. The van der Waals surface area contributed by atoms with Crippen molar-refractivity contribution in [2.24, 2.45) is 0 Å². The summed E-state index contributed by atoms with van der Waals surface area (Å²) in [7, 11) is 3.81. The molecule has 0 bridgehead atoms. The lowest BCUT2D eigenvalue weighted by atomic mass is 10.1. The predicted molar refractivity (Wildman–Crippen MR) is 83.2 cm³/mol. The number of hydrogen-bond donors (Lipinski definition) is 1. The molecule has 0 spiro atoms. The first-order valence-corrected chi connectivity index (χ1v) is 7.15. The zero-order valence-electron chi connectivity index (χ0n) is 12.4. The first kappa shape index (κ1) is 16.3. The van der Waals surface area contributed by atoms with E-state index in [1.54, 1.807) is 7.11 Å². The zero-order chi connectivity index (χ0) is 14.3. The van der Waals surface area contributed by atoms with Crippen molar-refractivity contribution >= 4 is 17.3 Å². The smallest absolute Gasteiger partial charge is 0.0642 e. The minimum Gasteiger partial charge on any atom is -0.385 e. The van der Waals surface area contributed by atoms with E-state index in [1.807, 2.05) is 12.1 Å². The van der Waals surface area contributed by atoms with E-state index in [-0.39, 0.29) is 0 Å². The molecule has 0 aliphatic rings. The fourth-order valence-corrected chi connectivity index (χ4v) is 2.34. The molecule has 4 heteroatoms. The maximum absolute atomic E-state index is 6.35. The van der Waals surface area contributed by atoms with Crippen LogP contribution in [0.5, 0.6) is 0 Å². The third-order valence-electron chi connectivity index (χ3n) is 2.99. The van der Waals surface area contributed by atoms with E-state index in [0.29, 0.717) is 6.04 Å². The van der Waals surface area contributed by atoms with Gasteiger partial charge < -0.3 is 15.0 Å². The topological polar surface area (TPSA) is 24.5 Å². The van der Waals surface area contributed by atoms with Crippen LogP contribution in [-0.4, -0.2) is 33.4 Å². The van der Waals surface area contributed by atoms with Crippen LogP contribution in [0.3, 0.4) is 0 Å². The Morgan fingerprint density at radius 2 is 2.11 bits per heavy atom. The van der Waals surface area contributed by atoms with Crippen molar-refractivity contribution < 1.29 is 4.74 Å². The Kier molecular flexibility index (Phi) is 7.21. The van der Waals surface area contributed by atoms with E-state index in [4.69, 9.17) is 16.3 Å². The minimum absolute atomic E-state index is 0.464. The molecule has 1 N–H and O–H groups in total. The van der Waals surface area contributed by atoms with Gasteiger partial charge in [0, 0.05) is 39.9 Å². The maximum Gasteiger partial charge on any atom is 0.0642 e. The molecule has 1 aromatic carbocycles. The normalized spacial score (nSPS) is 11.1. The average molecular weight is 285 g/mol. The van der Waals surface area contributed by atoms with Gasteiger partial charge in [0.05, 0.1) is 10.7 Å². The number of ether oxygens (including phenoxy) is 1. The molecule has 3 nitrogen and oxygen atoms in total. The van der Waals surface area contributed by atoms with E-state index >= 15 is 0 Å². The van der Waals surface area contributed by atoms with Gasteiger partial charge >= 0.3 is 0 Å². The number of halogens is 1. The van der Waals surface area contributed by atoms with Gasteiger partial charge in [0.1, 0.15) is 0 Å². The minimum atomic E-state index is 0.464. The van der Waals surface area contributed by atoms with Gasteiger partial charge in [-0.25, -0.2) is 0 Å². The highest BCUT2D eigenvalue weighted by atomic mass is 35.5. The standard InChI is InChI=1S/C15H25ClN2O/c1-12(2)17-11-13-7-5-8-14(16)15(13)18(3)9-6-10-19-4/h5,7-8,12,17H,6,9-11H2,1-4H3. The van der Waals surface area contributed by atoms with Gasteiger partial charge in [-0.15, -0.1) is 0 Å². The molecule has 19 heavy (non-hydrogen) atoms. The summed E-state index contributed by atoms with van der Waals surface area (Å²) < 4.78 is 5.10. The number of hydrogen-bond acceptors (Lipinski definition) is 3. The number of anilines is 1. The van der Waals surface area contributed by atoms with Crippen molar-refractivity contribution in [1.29, 1.82) is 0 Å². The second kappa shape index (κ2) is 8.41. The van der Waals surface area contributed by atoms with Crippen molar-refractivity contribution in [3.05, 3.63) is 28.8 Å².